The summed E-state index contributed by atoms with van der Waals surface area (Å²) in [5, 5.41) is 0.505. The Balaban J connectivity index is 1.60. The summed E-state index contributed by atoms with van der Waals surface area (Å²) in [6, 6.07) is 8.69. The van der Waals surface area contributed by atoms with Crippen LogP contribution in [0.2, 0.25) is 0 Å². The van der Waals surface area contributed by atoms with E-state index in [0.717, 1.165) is 24.2 Å². The molecule has 1 saturated heterocycles. The second-order valence-corrected chi connectivity index (χ2v) is 7.82. The molecule has 154 valence electrons. The summed E-state index contributed by atoms with van der Waals surface area (Å²) in [4.78, 5) is 35.0. The number of amides is 1. The molecule has 1 fully saturated rings. The molecule has 0 N–H and O–H groups in total. The third kappa shape index (κ3) is 3.20. The Morgan fingerprint density at radius 2 is 1.97 bits per heavy atom. The largest absolute Gasteiger partial charge is 0.450 e. The molecule has 0 spiro atoms. The molecule has 3 aromatic rings. The van der Waals surface area contributed by atoms with E-state index in [1.807, 2.05) is 31.2 Å². The van der Waals surface area contributed by atoms with Crippen molar-refractivity contribution in [3.8, 4) is 0 Å². The highest BCUT2D eigenvalue weighted by Crippen LogP contribution is 2.37. The number of carbonyl (C=O) groups excluding carboxylic acids is 1. The molecule has 0 bridgehead atoms. The van der Waals surface area contributed by atoms with Gasteiger partial charge in [0.15, 0.2) is 5.43 Å². The number of hydrogen-bond donors (Lipinski definition) is 0. The van der Waals surface area contributed by atoms with E-state index in [0.29, 0.717) is 42.8 Å². The van der Waals surface area contributed by atoms with Crippen molar-refractivity contribution >= 4 is 16.9 Å². The normalized spacial score (nSPS) is 19.4. The monoisotopic (exact) mass is 405 g/mol. The fraction of sp³-hybridized carbons (Fsp3) is 0.348. The number of fused-ring (bicyclic) bond motifs is 2. The minimum atomic E-state index is -0.497. The van der Waals surface area contributed by atoms with Gasteiger partial charge in [0.25, 0.3) is 5.91 Å². The molecule has 2 aliphatic rings. The summed E-state index contributed by atoms with van der Waals surface area (Å²) in [6.07, 6.45) is 3.40. The quantitative estimate of drug-likeness (QED) is 0.663. The average molecular weight is 405 g/mol. The maximum absolute atomic E-state index is 13.5. The lowest BCUT2D eigenvalue weighted by Crippen LogP contribution is -2.42. The third-order valence-corrected chi connectivity index (χ3v) is 5.88. The highest BCUT2D eigenvalue weighted by Gasteiger charge is 2.42. The minimum absolute atomic E-state index is 0.146. The molecule has 1 amide bonds. The van der Waals surface area contributed by atoms with Crippen molar-refractivity contribution in [2.75, 3.05) is 39.4 Å². The summed E-state index contributed by atoms with van der Waals surface area (Å²) < 4.78 is 11.4. The van der Waals surface area contributed by atoms with Crippen LogP contribution in [0.1, 0.15) is 33.3 Å². The van der Waals surface area contributed by atoms with Crippen LogP contribution < -0.4 is 5.43 Å². The maximum atomic E-state index is 13.5. The van der Waals surface area contributed by atoms with Crippen molar-refractivity contribution in [2.45, 2.75) is 13.0 Å². The Labute approximate surface area is 173 Å². The molecular weight excluding hydrogens is 382 g/mol. The number of benzene rings is 1. The number of rotatable bonds is 4. The Morgan fingerprint density at radius 1 is 1.13 bits per heavy atom. The van der Waals surface area contributed by atoms with Gasteiger partial charge < -0.3 is 14.1 Å². The summed E-state index contributed by atoms with van der Waals surface area (Å²) in [5.41, 5.74) is 2.49. The lowest BCUT2D eigenvalue weighted by molar-refractivity contribution is 0.0314. The van der Waals surface area contributed by atoms with Crippen LogP contribution in [-0.2, 0) is 4.74 Å². The predicted octanol–water partition coefficient (Wildman–Crippen LogP) is 2.37. The van der Waals surface area contributed by atoms with Crippen LogP contribution in [-0.4, -0.2) is 60.1 Å². The average Bonchev–Trinajstić information content (AvgIpc) is 3.06. The fourth-order valence-corrected chi connectivity index (χ4v) is 4.32. The number of ether oxygens (including phenoxy) is 1. The first-order valence-electron chi connectivity index (χ1n) is 10.2. The number of aryl methyl sites for hydroxylation is 1. The number of morpholine rings is 1. The van der Waals surface area contributed by atoms with Crippen LogP contribution in [0, 0.1) is 6.92 Å². The van der Waals surface area contributed by atoms with Gasteiger partial charge in [-0.2, -0.15) is 0 Å². The molecule has 5 rings (SSSR count). The molecule has 7 nitrogen and oxygen atoms in total. The molecule has 0 aliphatic carbocycles. The van der Waals surface area contributed by atoms with Crippen LogP contribution in [0.5, 0.6) is 0 Å². The van der Waals surface area contributed by atoms with Crippen molar-refractivity contribution in [1.29, 1.82) is 0 Å². The van der Waals surface area contributed by atoms with Gasteiger partial charge in [-0.1, -0.05) is 17.7 Å². The minimum Gasteiger partial charge on any atom is -0.450 e. The van der Waals surface area contributed by atoms with E-state index in [4.69, 9.17) is 9.15 Å². The molecule has 0 unspecified atom stereocenters. The SMILES string of the molecule is Cc1ccc2oc3c(c(=O)c2c1)[C@H](c1cccnc1)N(CCN1CCOCC1)C3=O. The van der Waals surface area contributed by atoms with E-state index in [1.54, 1.807) is 23.4 Å². The van der Waals surface area contributed by atoms with Gasteiger partial charge in [0.05, 0.1) is 30.2 Å². The van der Waals surface area contributed by atoms with Crippen LogP contribution >= 0.6 is 0 Å². The van der Waals surface area contributed by atoms with Gasteiger partial charge in [-0.05, 0) is 30.7 Å². The van der Waals surface area contributed by atoms with Crippen LogP contribution in [0.3, 0.4) is 0 Å². The molecule has 4 heterocycles. The number of pyridine rings is 1. The zero-order valence-corrected chi connectivity index (χ0v) is 16.8. The molecule has 30 heavy (non-hydrogen) atoms. The van der Waals surface area contributed by atoms with Gasteiger partial charge in [0, 0.05) is 38.6 Å². The highest BCUT2D eigenvalue weighted by atomic mass is 16.5. The third-order valence-electron chi connectivity index (χ3n) is 5.88. The zero-order valence-electron chi connectivity index (χ0n) is 16.8. The Kier molecular flexibility index (Phi) is 4.84. The number of aromatic nitrogens is 1. The van der Waals surface area contributed by atoms with Gasteiger partial charge in [0.2, 0.25) is 5.76 Å². The van der Waals surface area contributed by atoms with E-state index in [1.165, 1.54) is 0 Å². The lowest BCUT2D eigenvalue weighted by Gasteiger charge is -2.30. The van der Waals surface area contributed by atoms with E-state index in [2.05, 4.69) is 9.88 Å². The Hall–Kier alpha value is -3.03. The van der Waals surface area contributed by atoms with Crippen LogP contribution in [0.15, 0.2) is 51.9 Å². The van der Waals surface area contributed by atoms with E-state index in [-0.39, 0.29) is 17.1 Å². The molecule has 1 atom stereocenters. The summed E-state index contributed by atoms with van der Waals surface area (Å²) in [6.45, 7) is 6.23. The zero-order chi connectivity index (χ0) is 20.7. The highest BCUT2D eigenvalue weighted by molar-refractivity contribution is 5.99. The maximum Gasteiger partial charge on any atom is 0.290 e. The summed E-state index contributed by atoms with van der Waals surface area (Å²) in [7, 11) is 0. The van der Waals surface area contributed by atoms with Gasteiger partial charge >= 0.3 is 0 Å². The molecule has 7 heteroatoms. The first-order chi connectivity index (χ1) is 14.6. The first kappa shape index (κ1) is 19.0. The van der Waals surface area contributed by atoms with E-state index in [9.17, 15) is 9.59 Å². The second kappa shape index (κ2) is 7.66. The summed E-state index contributed by atoms with van der Waals surface area (Å²) >= 11 is 0. The van der Waals surface area contributed by atoms with Crippen LogP contribution in [0.25, 0.3) is 11.0 Å². The number of carbonyl (C=O) groups is 1. The standard InChI is InChI=1S/C23H23N3O4/c1-15-4-5-18-17(13-15)21(27)19-20(16-3-2-6-24-14-16)26(23(28)22(19)30-18)8-7-25-9-11-29-12-10-25/h2-6,13-14,20H,7-12H2,1H3/t20-/m0/s1. The lowest BCUT2D eigenvalue weighted by atomic mass is 9.99. The van der Waals surface area contributed by atoms with E-state index < -0.39 is 6.04 Å². The van der Waals surface area contributed by atoms with Crippen molar-refractivity contribution in [2.24, 2.45) is 0 Å². The molecule has 1 aromatic carbocycles. The van der Waals surface area contributed by atoms with Gasteiger partial charge in [-0.25, -0.2) is 0 Å². The van der Waals surface area contributed by atoms with Crippen molar-refractivity contribution in [1.82, 2.24) is 14.8 Å². The Morgan fingerprint density at radius 3 is 2.73 bits per heavy atom. The molecular formula is C23H23N3O4. The first-order valence-corrected chi connectivity index (χ1v) is 10.2. The fourth-order valence-electron chi connectivity index (χ4n) is 4.32. The second-order valence-electron chi connectivity index (χ2n) is 7.82. The topological polar surface area (TPSA) is 75.9 Å². The van der Waals surface area contributed by atoms with Crippen molar-refractivity contribution in [3.05, 3.63) is 75.4 Å². The van der Waals surface area contributed by atoms with Crippen LogP contribution in [0.4, 0.5) is 0 Å². The molecule has 0 radical (unpaired) electrons. The predicted molar refractivity (Wildman–Crippen MR) is 112 cm³/mol. The number of nitrogens with zero attached hydrogens (tertiary/aromatic N) is 3. The summed E-state index contributed by atoms with van der Waals surface area (Å²) in [5.74, 6) is -0.0983. The van der Waals surface area contributed by atoms with Crippen molar-refractivity contribution < 1.29 is 13.9 Å². The molecule has 0 saturated carbocycles. The number of hydrogen-bond acceptors (Lipinski definition) is 6. The molecule has 2 aliphatic heterocycles. The smallest absolute Gasteiger partial charge is 0.290 e. The van der Waals surface area contributed by atoms with Gasteiger partial charge in [-0.3, -0.25) is 19.5 Å². The molecule has 2 aromatic heterocycles. The van der Waals surface area contributed by atoms with Gasteiger partial charge in [-0.15, -0.1) is 0 Å². The Bertz CT molecular complexity index is 1150. The van der Waals surface area contributed by atoms with Crippen molar-refractivity contribution in [3.63, 3.8) is 0 Å². The van der Waals surface area contributed by atoms with Gasteiger partial charge in [0.1, 0.15) is 5.58 Å². The van der Waals surface area contributed by atoms with E-state index >= 15 is 0 Å².